The van der Waals surface area contributed by atoms with Gasteiger partial charge in [-0.05, 0) is 54.4 Å². The van der Waals surface area contributed by atoms with E-state index in [4.69, 9.17) is 4.74 Å². The van der Waals surface area contributed by atoms with Crippen molar-refractivity contribution in [3.63, 3.8) is 0 Å². The highest BCUT2D eigenvalue weighted by Crippen LogP contribution is 2.33. The molecule has 0 radical (unpaired) electrons. The van der Waals surface area contributed by atoms with Crippen LogP contribution in [0.1, 0.15) is 58.8 Å². The predicted octanol–water partition coefficient (Wildman–Crippen LogP) is 4.35. The SMILES string of the molecule is COC(=O)N[C@H](C(=O)N1CC[C@H](C(=O)Nc2ccc(-c3ccc(-c4cnc([C@@H]5CCCN5C(=O)[C@@H](NC(=O)OC)C(C)C)[nH]4)cc3)cn2)C1)C(C)C. The van der Waals surface area contributed by atoms with Crippen molar-refractivity contribution in [3.8, 4) is 22.4 Å². The molecule has 5 rings (SSSR count). The van der Waals surface area contributed by atoms with Gasteiger partial charge < -0.3 is 40.2 Å². The highest BCUT2D eigenvalue weighted by atomic mass is 16.5. The summed E-state index contributed by atoms with van der Waals surface area (Å²) in [4.78, 5) is 79.1. The summed E-state index contributed by atoms with van der Waals surface area (Å²) >= 11 is 0. The number of hydrogen-bond acceptors (Lipinski definition) is 9. The Morgan fingerprint density at radius 3 is 1.98 bits per heavy atom. The molecule has 15 nitrogen and oxygen atoms in total. The number of carbonyl (C=O) groups is 5. The van der Waals surface area contributed by atoms with Gasteiger partial charge in [-0.15, -0.1) is 0 Å². The van der Waals surface area contributed by atoms with E-state index in [0.717, 1.165) is 35.2 Å². The number of alkyl carbamates (subject to hydrolysis) is 2. The van der Waals surface area contributed by atoms with Crippen molar-refractivity contribution in [1.29, 1.82) is 0 Å². The number of ether oxygens (including phenoxy) is 2. The van der Waals surface area contributed by atoms with Crippen LogP contribution in [-0.2, 0) is 23.9 Å². The first-order valence-electron chi connectivity index (χ1n) is 17.6. The van der Waals surface area contributed by atoms with Crippen LogP contribution in [0.25, 0.3) is 22.4 Å². The summed E-state index contributed by atoms with van der Waals surface area (Å²) in [7, 11) is 2.52. The monoisotopic (exact) mass is 716 g/mol. The van der Waals surface area contributed by atoms with Crippen molar-refractivity contribution in [2.75, 3.05) is 39.2 Å². The lowest BCUT2D eigenvalue weighted by atomic mass is 10.0. The average Bonchev–Trinajstić information content (AvgIpc) is 3.94. The lowest BCUT2D eigenvalue weighted by Gasteiger charge is -2.30. The van der Waals surface area contributed by atoms with Gasteiger partial charge in [-0.2, -0.15) is 0 Å². The van der Waals surface area contributed by atoms with E-state index in [2.05, 4.69) is 35.6 Å². The minimum atomic E-state index is -0.739. The van der Waals surface area contributed by atoms with Crippen LogP contribution in [0.4, 0.5) is 15.4 Å². The molecule has 0 aliphatic carbocycles. The third-order valence-electron chi connectivity index (χ3n) is 9.64. The second kappa shape index (κ2) is 16.7. The third kappa shape index (κ3) is 8.69. The molecule has 4 atom stereocenters. The first-order valence-corrected chi connectivity index (χ1v) is 17.6. The molecule has 2 saturated heterocycles. The van der Waals surface area contributed by atoms with E-state index < -0.39 is 30.2 Å². The molecule has 15 heteroatoms. The standard InChI is InChI=1S/C37H48N8O7/c1-21(2)30(42-36(49)51-5)34(47)44-17-15-26(20-44)33(46)41-29-14-13-25(18-38-29)23-9-11-24(12-10-23)27-19-39-32(40-27)28-8-7-16-45(28)35(48)31(22(3)4)43-37(50)52-6/h9-14,18-19,21-22,26,28,30-31H,7-8,15-17,20H2,1-6H3,(H,39,40)(H,42,49)(H,43,50)(H,38,41,46)/t26-,28-,30-,31-/m0/s1. The average molecular weight is 717 g/mol. The maximum Gasteiger partial charge on any atom is 0.407 e. The Morgan fingerprint density at radius 2 is 1.38 bits per heavy atom. The number of rotatable bonds is 11. The Hall–Kier alpha value is -5.47. The molecule has 0 unspecified atom stereocenters. The number of anilines is 1. The highest BCUT2D eigenvalue weighted by molar-refractivity contribution is 5.93. The molecule has 0 bridgehead atoms. The van der Waals surface area contributed by atoms with Gasteiger partial charge >= 0.3 is 12.2 Å². The number of amides is 5. The number of methoxy groups -OCH3 is 2. The summed E-state index contributed by atoms with van der Waals surface area (Å²) < 4.78 is 9.39. The summed E-state index contributed by atoms with van der Waals surface area (Å²) in [5.41, 5.74) is 3.54. The minimum Gasteiger partial charge on any atom is -0.453 e. The maximum atomic E-state index is 13.5. The van der Waals surface area contributed by atoms with Crippen LogP contribution in [0.2, 0.25) is 0 Å². The fourth-order valence-corrected chi connectivity index (χ4v) is 6.63. The largest absolute Gasteiger partial charge is 0.453 e. The third-order valence-corrected chi connectivity index (χ3v) is 9.64. The molecule has 2 aliphatic rings. The van der Waals surface area contributed by atoms with Crippen molar-refractivity contribution in [3.05, 3.63) is 54.6 Å². The highest BCUT2D eigenvalue weighted by Gasteiger charge is 2.38. The maximum absolute atomic E-state index is 13.5. The normalized spacial score (nSPS) is 18.2. The van der Waals surface area contributed by atoms with Crippen LogP contribution in [0.3, 0.4) is 0 Å². The van der Waals surface area contributed by atoms with Gasteiger partial charge in [0.05, 0.1) is 38.1 Å². The van der Waals surface area contributed by atoms with Crippen molar-refractivity contribution < 1.29 is 33.4 Å². The zero-order valence-electron chi connectivity index (χ0n) is 30.5. The van der Waals surface area contributed by atoms with E-state index >= 15 is 0 Å². The lowest BCUT2D eigenvalue weighted by molar-refractivity contribution is -0.135. The van der Waals surface area contributed by atoms with Crippen molar-refractivity contribution in [1.82, 2.24) is 35.4 Å². The minimum absolute atomic E-state index is 0.117. The number of pyridine rings is 1. The zero-order valence-corrected chi connectivity index (χ0v) is 30.5. The number of hydrogen-bond donors (Lipinski definition) is 4. The quantitative estimate of drug-likeness (QED) is 0.224. The molecule has 278 valence electrons. The number of aromatic nitrogens is 3. The van der Waals surface area contributed by atoms with Crippen molar-refractivity contribution in [2.45, 2.75) is 65.1 Å². The molecule has 2 aliphatic heterocycles. The summed E-state index contributed by atoms with van der Waals surface area (Å²) in [6.45, 7) is 8.69. The van der Waals surface area contributed by atoms with E-state index in [1.54, 1.807) is 28.3 Å². The summed E-state index contributed by atoms with van der Waals surface area (Å²) in [6, 6.07) is 9.87. The molecular weight excluding hydrogens is 668 g/mol. The van der Waals surface area contributed by atoms with Gasteiger partial charge in [-0.3, -0.25) is 14.4 Å². The van der Waals surface area contributed by atoms with Gasteiger partial charge in [0.15, 0.2) is 0 Å². The van der Waals surface area contributed by atoms with Crippen molar-refractivity contribution in [2.24, 2.45) is 17.8 Å². The Morgan fingerprint density at radius 1 is 0.769 bits per heavy atom. The molecule has 0 saturated carbocycles. The van der Waals surface area contributed by atoms with E-state index in [-0.39, 0.29) is 42.1 Å². The predicted molar refractivity (Wildman–Crippen MR) is 193 cm³/mol. The molecule has 3 aromatic rings. The van der Waals surface area contributed by atoms with Gasteiger partial charge in [0.1, 0.15) is 23.7 Å². The van der Waals surface area contributed by atoms with Crippen LogP contribution in [0.5, 0.6) is 0 Å². The van der Waals surface area contributed by atoms with Crippen LogP contribution in [0.15, 0.2) is 48.8 Å². The smallest absolute Gasteiger partial charge is 0.407 e. The van der Waals surface area contributed by atoms with Crippen molar-refractivity contribution >= 4 is 35.7 Å². The first-order chi connectivity index (χ1) is 24.9. The Balaban J connectivity index is 1.17. The molecular formula is C37H48N8O7. The van der Waals surface area contributed by atoms with E-state index in [0.29, 0.717) is 31.2 Å². The Labute approximate surface area is 303 Å². The fraction of sp³-hybridized carbons (Fsp3) is 0.486. The second-order valence-electron chi connectivity index (χ2n) is 13.9. The number of likely N-dealkylation sites (tertiary alicyclic amines) is 2. The molecule has 0 spiro atoms. The zero-order chi connectivity index (χ0) is 37.5. The van der Waals surface area contributed by atoms with Gasteiger partial charge in [0, 0.05) is 31.4 Å². The van der Waals surface area contributed by atoms with Crippen LogP contribution in [-0.4, -0.2) is 101 Å². The van der Waals surface area contributed by atoms with Gasteiger partial charge in [0.2, 0.25) is 17.7 Å². The van der Waals surface area contributed by atoms with Crippen LogP contribution < -0.4 is 16.0 Å². The molecule has 2 aromatic heterocycles. The summed E-state index contributed by atoms with van der Waals surface area (Å²) in [6.07, 6.45) is 4.25. The number of imidazole rings is 1. The van der Waals surface area contributed by atoms with Gasteiger partial charge in [0.25, 0.3) is 0 Å². The first kappa shape index (κ1) is 37.8. The fourth-order valence-electron chi connectivity index (χ4n) is 6.63. The molecule has 1 aromatic carbocycles. The van der Waals surface area contributed by atoms with Crippen LogP contribution in [0, 0.1) is 17.8 Å². The number of nitrogens with zero attached hydrogens (tertiary/aromatic N) is 4. The van der Waals surface area contributed by atoms with E-state index in [1.807, 2.05) is 58.0 Å². The second-order valence-corrected chi connectivity index (χ2v) is 13.9. The summed E-state index contributed by atoms with van der Waals surface area (Å²) in [5.74, 6) is -0.177. The van der Waals surface area contributed by atoms with Crippen LogP contribution >= 0.6 is 0 Å². The molecule has 4 heterocycles. The Bertz CT molecular complexity index is 1740. The number of benzene rings is 1. The molecule has 5 amide bonds. The molecule has 4 N–H and O–H groups in total. The number of carbonyl (C=O) groups excluding carboxylic acids is 5. The number of aromatic amines is 1. The number of nitrogens with one attached hydrogen (secondary N) is 4. The lowest BCUT2D eigenvalue weighted by Crippen LogP contribution is -2.51. The number of H-pyrrole nitrogens is 1. The van der Waals surface area contributed by atoms with E-state index in [9.17, 15) is 24.0 Å². The topological polar surface area (TPSA) is 188 Å². The van der Waals surface area contributed by atoms with Gasteiger partial charge in [-0.1, -0.05) is 52.0 Å². The van der Waals surface area contributed by atoms with E-state index in [1.165, 1.54) is 14.2 Å². The van der Waals surface area contributed by atoms with Gasteiger partial charge in [-0.25, -0.2) is 19.6 Å². The molecule has 52 heavy (non-hydrogen) atoms. The molecule has 2 fully saturated rings. The summed E-state index contributed by atoms with van der Waals surface area (Å²) in [5, 5.41) is 8.13. The Kier molecular flexibility index (Phi) is 12.1.